The Morgan fingerprint density at radius 3 is 0.307 bits per heavy atom. The molecule has 0 atom stereocenters. The molecule has 0 heteroatoms. The second-order valence-electron chi connectivity index (χ2n) is 26.3. The van der Waals surface area contributed by atoms with E-state index in [0.717, 1.165) is 116 Å². The van der Waals surface area contributed by atoms with Crippen LogP contribution in [0, 0.1) is 5.92 Å². The van der Waals surface area contributed by atoms with Crippen molar-refractivity contribution in [3.05, 3.63) is 209 Å². The zero-order valence-electron chi connectivity index (χ0n) is 56.7. The number of hydrogen-bond acceptors (Lipinski definition) is 0. The van der Waals surface area contributed by atoms with Crippen molar-refractivity contribution in [2.24, 2.45) is 5.92 Å². The Bertz CT molecular complexity index is 4130. The first-order valence-corrected chi connectivity index (χ1v) is 35.3. The summed E-state index contributed by atoms with van der Waals surface area (Å²) in [5, 5.41) is 25.7. The Labute approximate surface area is 528 Å². The van der Waals surface area contributed by atoms with Crippen molar-refractivity contribution in [2.75, 3.05) is 0 Å². The second kappa shape index (κ2) is 25.5. The lowest BCUT2D eigenvalue weighted by atomic mass is 9.79. The predicted octanol–water partition coefficient (Wildman–Crippen LogP) is 24.1. The van der Waals surface area contributed by atoms with Crippen LogP contribution in [0.25, 0.3) is 97.0 Å². The molecule has 0 spiro atoms. The molecule has 0 N–H and O–H groups in total. The summed E-state index contributed by atoms with van der Waals surface area (Å²) in [5.74, 6) is 0.337. The van der Waals surface area contributed by atoms with Crippen molar-refractivity contribution in [1.29, 1.82) is 0 Å². The first-order chi connectivity index (χ1) is 42.9. The third kappa shape index (κ3) is 10.4. The standard InChI is InChI=1S/C88H100/c1-16-53-34-71-74-37-56(19-4)62(25-10)43-80(74)86-49-68(65(28-13)46-83(86)77(71)40-59(53)22-7)31-52(32-69-50-87-81-44-63(26-11)57(20-5)38-75(81)72-35-54(17-2)60(23-8)41-78(72)84(87)47-66(69)29-14)33-70-51-88-82-45-64(27-12)58(21-6)39-76(82)73-36-55(18-3)61(24-9)42-79(73)85(88)48-67(70)30-15/h34-52H,16-33H2,1-15H3. The summed E-state index contributed by atoms with van der Waals surface area (Å²) in [6.45, 7) is 35.4. The summed E-state index contributed by atoms with van der Waals surface area (Å²) in [6.07, 6.45) is 18.6. The van der Waals surface area contributed by atoms with Gasteiger partial charge in [0.2, 0.25) is 0 Å². The van der Waals surface area contributed by atoms with Crippen LogP contribution in [0.3, 0.4) is 0 Å². The van der Waals surface area contributed by atoms with Gasteiger partial charge in [-0.1, -0.05) is 213 Å². The highest BCUT2D eigenvalue weighted by Crippen LogP contribution is 2.45. The number of hydrogen-bond donors (Lipinski definition) is 0. The van der Waals surface area contributed by atoms with Crippen LogP contribution >= 0.6 is 0 Å². The molecular weight excluding hydrogens is 1060 g/mol. The maximum atomic E-state index is 2.72. The van der Waals surface area contributed by atoms with Crippen molar-refractivity contribution in [1.82, 2.24) is 0 Å². The second-order valence-corrected chi connectivity index (χ2v) is 26.3. The van der Waals surface area contributed by atoms with Crippen LogP contribution in [0.2, 0.25) is 0 Å². The molecule has 0 radical (unpaired) electrons. The van der Waals surface area contributed by atoms with E-state index in [1.54, 1.807) is 0 Å². The van der Waals surface area contributed by atoms with Crippen LogP contribution in [0.5, 0.6) is 0 Å². The maximum Gasteiger partial charge on any atom is -0.00959 e. The molecule has 0 bridgehead atoms. The highest BCUT2D eigenvalue weighted by molar-refractivity contribution is 6.28. The van der Waals surface area contributed by atoms with E-state index in [-0.39, 0.29) is 0 Å². The maximum absolute atomic E-state index is 2.72. The molecule has 0 aliphatic carbocycles. The lowest BCUT2D eigenvalue weighted by molar-refractivity contribution is 0.514. The van der Waals surface area contributed by atoms with Gasteiger partial charge in [-0.05, 0) is 319 Å². The fraction of sp³-hybridized carbons (Fsp3) is 0.386. The molecule has 0 fully saturated rings. The van der Waals surface area contributed by atoms with Gasteiger partial charge in [-0.2, -0.15) is 0 Å². The topological polar surface area (TPSA) is 0 Å². The normalized spacial score (nSPS) is 12.3. The lowest BCUT2D eigenvalue weighted by Gasteiger charge is -2.25. The van der Waals surface area contributed by atoms with Crippen LogP contribution in [0.1, 0.15) is 204 Å². The smallest absolute Gasteiger partial charge is 0.00959 e. The van der Waals surface area contributed by atoms with E-state index in [1.807, 2.05) is 0 Å². The Morgan fingerprint density at radius 2 is 0.216 bits per heavy atom. The summed E-state index contributed by atoms with van der Waals surface area (Å²) < 4.78 is 0. The monoisotopic (exact) mass is 1160 g/mol. The van der Waals surface area contributed by atoms with Crippen LogP contribution in [-0.2, 0) is 116 Å². The van der Waals surface area contributed by atoms with Crippen LogP contribution in [0.4, 0.5) is 0 Å². The molecule has 12 rings (SSSR count). The van der Waals surface area contributed by atoms with E-state index in [4.69, 9.17) is 0 Å². The van der Waals surface area contributed by atoms with Crippen molar-refractivity contribution in [3.8, 4) is 0 Å². The van der Waals surface area contributed by atoms with E-state index in [0.29, 0.717) is 5.92 Å². The molecule has 0 nitrogen and oxygen atoms in total. The summed E-state index contributed by atoms with van der Waals surface area (Å²) in [7, 11) is 0. The van der Waals surface area contributed by atoms with Gasteiger partial charge in [-0.25, -0.2) is 0 Å². The van der Waals surface area contributed by atoms with E-state index in [2.05, 4.69) is 213 Å². The van der Waals surface area contributed by atoms with Gasteiger partial charge in [0.25, 0.3) is 0 Å². The third-order valence-electron chi connectivity index (χ3n) is 21.9. The van der Waals surface area contributed by atoms with Gasteiger partial charge < -0.3 is 0 Å². The van der Waals surface area contributed by atoms with Crippen molar-refractivity contribution < 1.29 is 0 Å². The molecule has 0 heterocycles. The number of aryl methyl sites for hydroxylation is 15. The van der Waals surface area contributed by atoms with Crippen molar-refractivity contribution >= 4 is 97.0 Å². The average molecular weight is 1160 g/mol. The average Bonchev–Trinajstić information content (AvgIpc) is 0.796. The third-order valence-corrected chi connectivity index (χ3v) is 21.9. The summed E-state index contributed by atoms with van der Waals surface area (Å²) >= 11 is 0. The molecule has 0 saturated carbocycles. The molecule has 0 unspecified atom stereocenters. The Kier molecular flexibility index (Phi) is 17.7. The van der Waals surface area contributed by atoms with E-state index in [9.17, 15) is 0 Å². The molecule has 0 saturated heterocycles. The minimum absolute atomic E-state index is 0.337. The lowest BCUT2D eigenvalue weighted by Crippen LogP contribution is -2.15. The summed E-state index contributed by atoms with van der Waals surface area (Å²) in [6, 6.07) is 47.2. The summed E-state index contributed by atoms with van der Waals surface area (Å²) in [5.41, 5.74) is 27.0. The first kappa shape index (κ1) is 61.2. The molecule has 0 aliphatic rings. The molecule has 0 amide bonds. The van der Waals surface area contributed by atoms with Crippen LogP contribution in [0.15, 0.2) is 109 Å². The van der Waals surface area contributed by atoms with E-state index >= 15 is 0 Å². The van der Waals surface area contributed by atoms with Gasteiger partial charge in [-0.3, -0.25) is 0 Å². The molecular formula is C88H100. The quantitative estimate of drug-likeness (QED) is 0.0629. The van der Waals surface area contributed by atoms with E-state index < -0.39 is 0 Å². The zero-order chi connectivity index (χ0) is 61.8. The van der Waals surface area contributed by atoms with Crippen molar-refractivity contribution in [2.45, 2.75) is 219 Å². The number of benzene rings is 12. The van der Waals surface area contributed by atoms with Crippen molar-refractivity contribution in [3.63, 3.8) is 0 Å². The molecule has 12 aromatic carbocycles. The Morgan fingerprint density at radius 1 is 0.136 bits per heavy atom. The fourth-order valence-electron chi connectivity index (χ4n) is 16.9. The predicted molar refractivity (Wildman–Crippen MR) is 392 cm³/mol. The minimum atomic E-state index is 0.337. The number of rotatable bonds is 21. The largest absolute Gasteiger partial charge is 0.0613 e. The van der Waals surface area contributed by atoms with Gasteiger partial charge in [0.15, 0.2) is 0 Å². The zero-order valence-corrected chi connectivity index (χ0v) is 56.7. The van der Waals surface area contributed by atoms with Gasteiger partial charge in [-0.15, -0.1) is 0 Å². The molecule has 0 aromatic heterocycles. The molecule has 88 heavy (non-hydrogen) atoms. The SMILES string of the molecule is CCc1cc2c3cc(CC)c(CC)cc3c3cc(CC(Cc4cc5c6cc(CC)c(CC)cc6c6cc(CC)c(CC)cc6c5cc4CC)Cc4cc5c6cc(CC)c(CC)cc6c6cc(CC)c(CC)cc6c5cc4CC)c(CC)cc3c2cc1CC. The molecule has 0 aliphatic heterocycles. The van der Waals surface area contributed by atoms with E-state index in [1.165, 1.54) is 197 Å². The van der Waals surface area contributed by atoms with Gasteiger partial charge in [0, 0.05) is 0 Å². The van der Waals surface area contributed by atoms with Gasteiger partial charge in [0.05, 0.1) is 0 Å². The molecule has 452 valence electrons. The van der Waals surface area contributed by atoms with Gasteiger partial charge >= 0.3 is 0 Å². The van der Waals surface area contributed by atoms with Crippen LogP contribution < -0.4 is 0 Å². The number of fused-ring (bicyclic) bond motifs is 18. The van der Waals surface area contributed by atoms with Gasteiger partial charge in [0.1, 0.15) is 0 Å². The highest BCUT2D eigenvalue weighted by Gasteiger charge is 2.25. The first-order valence-electron chi connectivity index (χ1n) is 35.3. The summed E-state index contributed by atoms with van der Waals surface area (Å²) in [4.78, 5) is 0. The Hall–Kier alpha value is -7.02. The minimum Gasteiger partial charge on any atom is -0.0613 e. The molecule has 12 aromatic rings. The Balaban J connectivity index is 1.13. The highest BCUT2D eigenvalue weighted by atomic mass is 14.3. The fourth-order valence-corrected chi connectivity index (χ4v) is 16.9. The van der Waals surface area contributed by atoms with Crippen LogP contribution in [-0.4, -0.2) is 0 Å².